The van der Waals surface area contributed by atoms with Crippen LogP contribution < -0.4 is 0 Å². The number of benzene rings is 1. The van der Waals surface area contributed by atoms with Gasteiger partial charge in [0.25, 0.3) is 11.1 Å². The lowest BCUT2D eigenvalue weighted by molar-refractivity contribution is -0.155. The third-order valence-corrected chi connectivity index (χ3v) is 5.01. The first-order chi connectivity index (χ1) is 13.1. The van der Waals surface area contributed by atoms with Crippen LogP contribution in [0.1, 0.15) is 26.2 Å². The largest absolute Gasteiger partial charge is 0.464 e. The van der Waals surface area contributed by atoms with Gasteiger partial charge in [-0.1, -0.05) is 23.9 Å². The Balaban J connectivity index is 1.62. The van der Waals surface area contributed by atoms with Gasteiger partial charge >= 0.3 is 5.97 Å². The lowest BCUT2D eigenvalue weighted by Gasteiger charge is -2.33. The first kappa shape index (κ1) is 19.3. The number of likely N-dealkylation sites (tertiary alicyclic amines) is 1. The molecule has 27 heavy (non-hydrogen) atoms. The van der Waals surface area contributed by atoms with Crippen molar-refractivity contribution >= 4 is 23.6 Å². The Labute approximate surface area is 160 Å². The summed E-state index contributed by atoms with van der Waals surface area (Å²) >= 11 is 1.06. The highest BCUT2D eigenvalue weighted by atomic mass is 32.2. The molecule has 0 bridgehead atoms. The summed E-state index contributed by atoms with van der Waals surface area (Å²) in [5, 5.41) is 7.85. The molecule has 1 amide bonds. The van der Waals surface area contributed by atoms with E-state index in [1.165, 1.54) is 6.07 Å². The topological polar surface area (TPSA) is 85.5 Å². The van der Waals surface area contributed by atoms with Crippen LogP contribution in [0.5, 0.6) is 0 Å². The molecule has 1 aromatic carbocycles. The Morgan fingerprint density at radius 3 is 2.93 bits per heavy atom. The molecular formula is C18H20FN3O4S. The Hall–Kier alpha value is -2.42. The number of rotatable bonds is 6. The van der Waals surface area contributed by atoms with Gasteiger partial charge in [0.05, 0.1) is 17.9 Å². The molecule has 9 heteroatoms. The summed E-state index contributed by atoms with van der Waals surface area (Å²) < 4.78 is 24.3. The van der Waals surface area contributed by atoms with Crippen molar-refractivity contribution in [3.05, 3.63) is 30.1 Å². The lowest BCUT2D eigenvalue weighted by atomic mass is 10.0. The van der Waals surface area contributed by atoms with Crippen molar-refractivity contribution in [1.29, 1.82) is 0 Å². The minimum absolute atomic E-state index is 0.0504. The maximum Gasteiger partial charge on any atom is 0.328 e. The minimum atomic E-state index is -0.538. The molecule has 0 N–H and O–H groups in total. The van der Waals surface area contributed by atoms with E-state index in [1.807, 2.05) is 0 Å². The standard InChI is InChI=1S/C18H20FN3O4S/c1-2-25-17(24)14-9-5-6-10-22(14)15(23)11-27-18-21-20-16(26-18)12-7-3-4-8-13(12)19/h3-4,7-8,14H,2,5-6,9-11H2,1H3/t14-/m0/s1. The molecule has 0 saturated carbocycles. The number of aromatic nitrogens is 2. The number of carbonyl (C=O) groups excluding carboxylic acids is 2. The number of nitrogens with zero attached hydrogens (tertiary/aromatic N) is 3. The molecule has 1 aromatic heterocycles. The minimum Gasteiger partial charge on any atom is -0.464 e. The van der Waals surface area contributed by atoms with E-state index in [4.69, 9.17) is 9.15 Å². The van der Waals surface area contributed by atoms with Crippen LogP contribution in [0.3, 0.4) is 0 Å². The van der Waals surface area contributed by atoms with Gasteiger partial charge in [-0.25, -0.2) is 9.18 Å². The molecule has 0 aliphatic carbocycles. The molecule has 144 valence electrons. The first-order valence-electron chi connectivity index (χ1n) is 8.77. The van der Waals surface area contributed by atoms with Gasteiger partial charge in [-0.3, -0.25) is 4.79 Å². The van der Waals surface area contributed by atoms with E-state index in [0.29, 0.717) is 13.0 Å². The predicted octanol–water partition coefficient (Wildman–Crippen LogP) is 2.91. The molecule has 2 heterocycles. The second-order valence-electron chi connectivity index (χ2n) is 5.99. The highest BCUT2D eigenvalue weighted by molar-refractivity contribution is 7.99. The van der Waals surface area contributed by atoms with Gasteiger partial charge in [-0.15, -0.1) is 10.2 Å². The van der Waals surface area contributed by atoms with Crippen molar-refractivity contribution in [2.24, 2.45) is 0 Å². The van der Waals surface area contributed by atoms with E-state index in [-0.39, 0.29) is 40.9 Å². The van der Waals surface area contributed by atoms with E-state index in [0.717, 1.165) is 24.6 Å². The fourth-order valence-corrected chi connectivity index (χ4v) is 3.58. The predicted molar refractivity (Wildman–Crippen MR) is 96.4 cm³/mol. The highest BCUT2D eigenvalue weighted by Gasteiger charge is 2.33. The second-order valence-corrected chi connectivity index (χ2v) is 6.92. The van der Waals surface area contributed by atoms with Crippen LogP contribution in [0, 0.1) is 5.82 Å². The summed E-state index contributed by atoms with van der Waals surface area (Å²) in [5.74, 6) is -0.905. The number of hydrogen-bond acceptors (Lipinski definition) is 7. The number of piperidine rings is 1. The summed E-state index contributed by atoms with van der Waals surface area (Å²) in [5.41, 5.74) is 0.210. The van der Waals surface area contributed by atoms with Crippen LogP contribution in [0.2, 0.25) is 0 Å². The first-order valence-corrected chi connectivity index (χ1v) is 9.76. The molecule has 1 fully saturated rings. The number of thioether (sulfide) groups is 1. The van der Waals surface area contributed by atoms with Crippen LogP contribution in [0.25, 0.3) is 11.5 Å². The SMILES string of the molecule is CCOC(=O)[C@@H]1CCCCN1C(=O)CSc1nnc(-c2ccccc2F)o1. The number of carbonyl (C=O) groups is 2. The molecule has 0 radical (unpaired) electrons. The van der Waals surface area contributed by atoms with Crippen molar-refractivity contribution in [2.75, 3.05) is 18.9 Å². The van der Waals surface area contributed by atoms with Gasteiger partial charge < -0.3 is 14.1 Å². The number of esters is 1. The third-order valence-electron chi connectivity index (χ3n) is 4.21. The summed E-state index contributed by atoms with van der Waals surface area (Å²) in [4.78, 5) is 26.2. The molecule has 2 aromatic rings. The third kappa shape index (κ3) is 4.65. The van der Waals surface area contributed by atoms with Gasteiger partial charge in [0.15, 0.2) is 0 Å². The summed E-state index contributed by atoms with van der Waals surface area (Å²) in [6.45, 7) is 2.55. The van der Waals surface area contributed by atoms with Gasteiger partial charge in [-0.2, -0.15) is 0 Å². The molecule has 1 atom stereocenters. The van der Waals surface area contributed by atoms with E-state index >= 15 is 0 Å². The van der Waals surface area contributed by atoms with E-state index in [2.05, 4.69) is 10.2 Å². The Kier molecular flexibility index (Phi) is 6.44. The maximum absolute atomic E-state index is 13.8. The Bertz CT molecular complexity index is 813. The molecule has 7 nitrogen and oxygen atoms in total. The zero-order chi connectivity index (χ0) is 19.2. The Morgan fingerprint density at radius 2 is 2.15 bits per heavy atom. The average Bonchev–Trinajstić information content (AvgIpc) is 3.15. The Morgan fingerprint density at radius 1 is 1.33 bits per heavy atom. The van der Waals surface area contributed by atoms with Crippen molar-refractivity contribution in [1.82, 2.24) is 15.1 Å². The molecule has 1 aliphatic heterocycles. The number of hydrogen-bond donors (Lipinski definition) is 0. The molecule has 3 rings (SSSR count). The van der Waals surface area contributed by atoms with Crippen molar-refractivity contribution in [2.45, 2.75) is 37.5 Å². The fraction of sp³-hybridized carbons (Fsp3) is 0.444. The number of amides is 1. The van der Waals surface area contributed by atoms with E-state index in [1.54, 1.807) is 30.0 Å². The lowest BCUT2D eigenvalue weighted by Crippen LogP contribution is -2.49. The zero-order valence-electron chi connectivity index (χ0n) is 14.9. The van der Waals surface area contributed by atoms with Gasteiger partial charge in [0, 0.05) is 6.54 Å². The average molecular weight is 393 g/mol. The molecule has 0 spiro atoms. The summed E-state index contributed by atoms with van der Waals surface area (Å²) in [6.07, 6.45) is 2.34. The zero-order valence-corrected chi connectivity index (χ0v) is 15.7. The maximum atomic E-state index is 13.8. The van der Waals surface area contributed by atoms with Gasteiger partial charge in [0.1, 0.15) is 11.9 Å². The molecular weight excluding hydrogens is 373 g/mol. The summed E-state index contributed by atoms with van der Waals surface area (Å²) in [6, 6.07) is 5.55. The normalized spacial score (nSPS) is 17.0. The molecule has 1 saturated heterocycles. The quantitative estimate of drug-likeness (QED) is 0.551. The number of halogens is 1. The monoisotopic (exact) mass is 393 g/mol. The van der Waals surface area contributed by atoms with Crippen LogP contribution in [-0.2, 0) is 14.3 Å². The number of ether oxygens (including phenoxy) is 1. The van der Waals surface area contributed by atoms with Gasteiger partial charge in [0.2, 0.25) is 5.91 Å². The smallest absolute Gasteiger partial charge is 0.328 e. The highest BCUT2D eigenvalue weighted by Crippen LogP contribution is 2.26. The molecule has 1 aliphatic rings. The van der Waals surface area contributed by atoms with Crippen molar-refractivity contribution in [3.8, 4) is 11.5 Å². The van der Waals surface area contributed by atoms with E-state index < -0.39 is 11.9 Å². The van der Waals surface area contributed by atoms with Crippen LogP contribution in [0.15, 0.2) is 33.9 Å². The van der Waals surface area contributed by atoms with Crippen LogP contribution in [-0.4, -0.2) is 51.9 Å². The van der Waals surface area contributed by atoms with Crippen LogP contribution in [0.4, 0.5) is 4.39 Å². The second kappa shape index (κ2) is 8.98. The fourth-order valence-electron chi connectivity index (χ4n) is 2.93. The van der Waals surface area contributed by atoms with Crippen LogP contribution >= 0.6 is 11.8 Å². The van der Waals surface area contributed by atoms with Crippen molar-refractivity contribution in [3.63, 3.8) is 0 Å². The van der Waals surface area contributed by atoms with E-state index in [9.17, 15) is 14.0 Å². The summed E-state index contributed by atoms with van der Waals surface area (Å²) in [7, 11) is 0. The van der Waals surface area contributed by atoms with Crippen molar-refractivity contribution < 1.29 is 23.1 Å². The van der Waals surface area contributed by atoms with Gasteiger partial charge in [-0.05, 0) is 38.3 Å². The molecule has 0 unspecified atom stereocenters.